The van der Waals surface area contributed by atoms with Crippen molar-refractivity contribution in [3.05, 3.63) is 52.3 Å². The standard InChI is InChI=1S/C16H18ClFN6O/c1-9-14(24-23-10(2)19-3)15(22-8-21-9)16(25)20-7-11-4-5-13(18)12(17)6-11/h4-6,8,24H,7H2,1-3H3,(H,19,23)(H,20,25). The number of halogens is 2. The first-order valence-electron chi connectivity index (χ1n) is 7.41. The Bertz CT molecular complexity index is 811. The van der Waals surface area contributed by atoms with E-state index in [-0.39, 0.29) is 17.3 Å². The molecule has 0 radical (unpaired) electrons. The molecule has 0 bridgehead atoms. The first kappa shape index (κ1) is 18.6. The zero-order valence-corrected chi connectivity index (χ0v) is 14.8. The SMILES string of the molecule is CN=C(C)NNc1c(C)ncnc1C(=O)NCc1ccc(F)c(Cl)c1. The van der Waals surface area contributed by atoms with E-state index in [4.69, 9.17) is 11.6 Å². The molecule has 1 heterocycles. The molecule has 0 unspecified atom stereocenters. The Kier molecular flexibility index (Phi) is 6.24. The lowest BCUT2D eigenvalue weighted by Crippen LogP contribution is -2.31. The molecule has 1 aromatic heterocycles. The second-order valence-corrected chi connectivity index (χ2v) is 5.58. The van der Waals surface area contributed by atoms with E-state index in [0.29, 0.717) is 22.8 Å². The monoisotopic (exact) mass is 364 g/mol. The van der Waals surface area contributed by atoms with Gasteiger partial charge in [-0.3, -0.25) is 20.6 Å². The summed E-state index contributed by atoms with van der Waals surface area (Å²) >= 11 is 5.74. The maximum absolute atomic E-state index is 13.2. The molecule has 0 atom stereocenters. The Morgan fingerprint density at radius 1 is 1.36 bits per heavy atom. The van der Waals surface area contributed by atoms with Crippen molar-refractivity contribution in [1.82, 2.24) is 20.7 Å². The van der Waals surface area contributed by atoms with Gasteiger partial charge in [-0.2, -0.15) is 0 Å². The molecule has 0 saturated carbocycles. The van der Waals surface area contributed by atoms with E-state index in [1.54, 1.807) is 27.0 Å². The van der Waals surface area contributed by atoms with E-state index in [2.05, 4.69) is 31.1 Å². The van der Waals surface area contributed by atoms with Gasteiger partial charge >= 0.3 is 0 Å². The van der Waals surface area contributed by atoms with E-state index in [1.165, 1.54) is 18.5 Å². The molecule has 25 heavy (non-hydrogen) atoms. The van der Waals surface area contributed by atoms with Crippen molar-refractivity contribution >= 4 is 29.0 Å². The van der Waals surface area contributed by atoms with Crippen LogP contribution in [-0.4, -0.2) is 28.8 Å². The van der Waals surface area contributed by atoms with Crippen LogP contribution in [0, 0.1) is 12.7 Å². The minimum atomic E-state index is -0.506. The number of hydrazine groups is 1. The fraction of sp³-hybridized carbons (Fsp3) is 0.250. The van der Waals surface area contributed by atoms with Crippen molar-refractivity contribution in [1.29, 1.82) is 0 Å². The van der Waals surface area contributed by atoms with Gasteiger partial charge in [0, 0.05) is 13.6 Å². The van der Waals surface area contributed by atoms with Gasteiger partial charge < -0.3 is 5.32 Å². The summed E-state index contributed by atoms with van der Waals surface area (Å²) in [6.07, 6.45) is 1.31. The van der Waals surface area contributed by atoms with Gasteiger partial charge in [0.05, 0.1) is 10.7 Å². The van der Waals surface area contributed by atoms with Gasteiger partial charge in [0.15, 0.2) is 5.69 Å². The molecule has 9 heteroatoms. The van der Waals surface area contributed by atoms with Crippen LogP contribution >= 0.6 is 11.6 Å². The smallest absolute Gasteiger partial charge is 0.272 e. The average Bonchev–Trinajstić information content (AvgIpc) is 2.60. The van der Waals surface area contributed by atoms with Crippen molar-refractivity contribution in [3.63, 3.8) is 0 Å². The molecule has 0 aliphatic rings. The Hall–Kier alpha value is -2.74. The number of amides is 1. The third-order valence-electron chi connectivity index (χ3n) is 3.39. The normalized spacial score (nSPS) is 11.2. The highest BCUT2D eigenvalue weighted by Gasteiger charge is 2.16. The molecule has 3 N–H and O–H groups in total. The summed E-state index contributed by atoms with van der Waals surface area (Å²) in [5.41, 5.74) is 7.64. The maximum Gasteiger partial charge on any atom is 0.272 e. The number of carbonyl (C=O) groups excluding carboxylic acids is 1. The molecular formula is C16H18ClFN6O. The number of amidine groups is 1. The summed E-state index contributed by atoms with van der Waals surface area (Å²) in [4.78, 5) is 24.5. The zero-order chi connectivity index (χ0) is 18.4. The number of benzene rings is 1. The van der Waals surface area contributed by atoms with Crippen LogP contribution in [0.5, 0.6) is 0 Å². The summed E-state index contributed by atoms with van der Waals surface area (Å²) < 4.78 is 13.2. The van der Waals surface area contributed by atoms with Crippen molar-refractivity contribution in [3.8, 4) is 0 Å². The summed E-state index contributed by atoms with van der Waals surface area (Å²) in [7, 11) is 1.64. The van der Waals surface area contributed by atoms with E-state index < -0.39 is 11.7 Å². The molecule has 0 fully saturated rings. The molecular weight excluding hydrogens is 347 g/mol. The molecule has 132 valence electrons. The quantitative estimate of drug-likeness (QED) is 0.430. The van der Waals surface area contributed by atoms with Crippen molar-refractivity contribution in [2.45, 2.75) is 20.4 Å². The van der Waals surface area contributed by atoms with E-state index in [9.17, 15) is 9.18 Å². The second kappa shape index (κ2) is 8.39. The van der Waals surface area contributed by atoms with Gasteiger partial charge in [0.25, 0.3) is 5.91 Å². The van der Waals surface area contributed by atoms with Gasteiger partial charge in [-0.15, -0.1) is 0 Å². The lowest BCUT2D eigenvalue weighted by atomic mass is 10.2. The minimum absolute atomic E-state index is 0.00510. The van der Waals surface area contributed by atoms with E-state index >= 15 is 0 Å². The highest BCUT2D eigenvalue weighted by molar-refractivity contribution is 6.30. The maximum atomic E-state index is 13.2. The highest BCUT2D eigenvalue weighted by atomic mass is 35.5. The number of nitrogens with one attached hydrogen (secondary N) is 3. The number of hydrogen-bond acceptors (Lipinski definition) is 5. The van der Waals surface area contributed by atoms with Crippen LogP contribution < -0.4 is 16.2 Å². The van der Waals surface area contributed by atoms with Crippen LogP contribution in [0.3, 0.4) is 0 Å². The van der Waals surface area contributed by atoms with Crippen LogP contribution in [0.15, 0.2) is 29.5 Å². The average molecular weight is 365 g/mol. The number of rotatable bonds is 5. The van der Waals surface area contributed by atoms with Gasteiger partial charge in [0.1, 0.15) is 23.7 Å². The number of hydrogen-bond donors (Lipinski definition) is 3. The van der Waals surface area contributed by atoms with Crippen LogP contribution in [0.25, 0.3) is 0 Å². The fourth-order valence-corrected chi connectivity index (χ4v) is 2.12. The predicted octanol–water partition coefficient (Wildman–Crippen LogP) is 2.47. The third-order valence-corrected chi connectivity index (χ3v) is 3.68. The lowest BCUT2D eigenvalue weighted by Gasteiger charge is -2.14. The largest absolute Gasteiger partial charge is 0.347 e. The van der Waals surface area contributed by atoms with E-state index in [1.807, 2.05) is 0 Å². The van der Waals surface area contributed by atoms with Crippen LogP contribution in [0.4, 0.5) is 10.1 Å². The summed E-state index contributed by atoms with van der Waals surface area (Å²) in [6, 6.07) is 4.26. The molecule has 1 amide bonds. The fourth-order valence-electron chi connectivity index (χ4n) is 1.92. The number of nitrogens with zero attached hydrogens (tertiary/aromatic N) is 3. The number of carbonyl (C=O) groups is 1. The van der Waals surface area contributed by atoms with Gasteiger partial charge in [0.2, 0.25) is 0 Å². The number of aliphatic imine (C=N–C) groups is 1. The molecule has 0 aliphatic carbocycles. The predicted molar refractivity (Wildman–Crippen MR) is 95.1 cm³/mol. The molecule has 0 aliphatic heterocycles. The van der Waals surface area contributed by atoms with Crippen molar-refractivity contribution in [2.24, 2.45) is 4.99 Å². The third kappa shape index (κ3) is 4.87. The minimum Gasteiger partial charge on any atom is -0.347 e. The topological polar surface area (TPSA) is 91.3 Å². The Morgan fingerprint density at radius 3 is 2.80 bits per heavy atom. The summed E-state index contributed by atoms with van der Waals surface area (Å²) in [6.45, 7) is 3.70. The molecule has 1 aromatic carbocycles. The Balaban J connectivity index is 2.12. The van der Waals surface area contributed by atoms with E-state index in [0.717, 1.165) is 0 Å². The van der Waals surface area contributed by atoms with Crippen molar-refractivity contribution < 1.29 is 9.18 Å². The zero-order valence-electron chi connectivity index (χ0n) is 14.0. The van der Waals surface area contributed by atoms with Gasteiger partial charge in [-0.05, 0) is 31.5 Å². The number of aromatic nitrogens is 2. The molecule has 0 spiro atoms. The Morgan fingerprint density at radius 2 is 2.12 bits per heavy atom. The first-order valence-corrected chi connectivity index (χ1v) is 7.79. The molecule has 7 nitrogen and oxygen atoms in total. The molecule has 2 aromatic rings. The second-order valence-electron chi connectivity index (χ2n) is 5.17. The Labute approximate surface area is 149 Å². The van der Waals surface area contributed by atoms with Crippen LogP contribution in [0.1, 0.15) is 28.7 Å². The number of anilines is 1. The van der Waals surface area contributed by atoms with Gasteiger partial charge in [-0.25, -0.2) is 14.4 Å². The van der Waals surface area contributed by atoms with Crippen LogP contribution in [0.2, 0.25) is 5.02 Å². The molecule has 2 rings (SSSR count). The lowest BCUT2D eigenvalue weighted by molar-refractivity contribution is 0.0946. The van der Waals surface area contributed by atoms with Crippen LogP contribution in [-0.2, 0) is 6.54 Å². The highest BCUT2D eigenvalue weighted by Crippen LogP contribution is 2.17. The van der Waals surface area contributed by atoms with Crippen molar-refractivity contribution in [2.75, 3.05) is 12.5 Å². The van der Waals surface area contributed by atoms with Gasteiger partial charge in [-0.1, -0.05) is 17.7 Å². The summed E-state index contributed by atoms with van der Waals surface area (Å²) in [5.74, 6) is -0.273. The summed E-state index contributed by atoms with van der Waals surface area (Å²) in [5, 5.41) is 2.73. The number of aryl methyl sites for hydroxylation is 1. The first-order chi connectivity index (χ1) is 11.9. The molecule has 0 saturated heterocycles.